The molecule has 0 aliphatic carbocycles. The number of nitrogens with zero attached hydrogens (tertiary/aromatic N) is 2. The summed E-state index contributed by atoms with van der Waals surface area (Å²) in [5.41, 5.74) is 1.57. The highest BCUT2D eigenvalue weighted by Gasteiger charge is 2.41. The van der Waals surface area contributed by atoms with E-state index in [2.05, 4.69) is 5.32 Å². The van der Waals surface area contributed by atoms with Crippen LogP contribution in [0, 0.1) is 0 Å². The van der Waals surface area contributed by atoms with Crippen molar-refractivity contribution in [3.63, 3.8) is 0 Å². The molecule has 6 heteroatoms. The first-order valence-corrected chi connectivity index (χ1v) is 7.51. The van der Waals surface area contributed by atoms with E-state index in [1.54, 1.807) is 12.0 Å². The van der Waals surface area contributed by atoms with E-state index in [1.807, 2.05) is 36.2 Å². The van der Waals surface area contributed by atoms with Crippen LogP contribution in [0.25, 0.3) is 0 Å². The first kappa shape index (κ1) is 14.8. The lowest BCUT2D eigenvalue weighted by atomic mass is 9.98. The fraction of sp³-hybridized carbons (Fsp3) is 0.500. The number of amides is 3. The average molecular weight is 303 g/mol. The summed E-state index contributed by atoms with van der Waals surface area (Å²) in [6, 6.07) is 7.67. The van der Waals surface area contributed by atoms with Gasteiger partial charge in [-0.05, 0) is 18.1 Å². The standard InChI is InChI=1S/C16H21N3O3/c1-18-14-7-8-19(9-13(14)17-16(18)21)15(20)12-6-4-3-5-11(12)10-22-2/h3-6,13-14H,7-10H2,1-2H3,(H,17,21)/t13-,14+/m1/s1. The third kappa shape index (κ3) is 2.54. The maximum atomic E-state index is 12.8. The van der Waals surface area contributed by atoms with Crippen LogP contribution in [0.15, 0.2) is 24.3 Å². The number of nitrogens with one attached hydrogen (secondary N) is 1. The predicted molar refractivity (Wildman–Crippen MR) is 81.5 cm³/mol. The predicted octanol–water partition coefficient (Wildman–Crippen LogP) is 1.07. The van der Waals surface area contributed by atoms with E-state index in [0.29, 0.717) is 25.3 Å². The van der Waals surface area contributed by atoms with Crippen LogP contribution in [0.1, 0.15) is 22.3 Å². The lowest BCUT2D eigenvalue weighted by Gasteiger charge is -2.36. The number of urea groups is 1. The Morgan fingerprint density at radius 3 is 2.95 bits per heavy atom. The molecule has 0 radical (unpaired) electrons. The number of hydrogen-bond acceptors (Lipinski definition) is 3. The first-order valence-electron chi connectivity index (χ1n) is 7.51. The number of hydrogen-bond donors (Lipinski definition) is 1. The number of likely N-dealkylation sites (tertiary alicyclic amines) is 1. The van der Waals surface area contributed by atoms with Gasteiger partial charge in [0.1, 0.15) is 0 Å². The largest absolute Gasteiger partial charge is 0.380 e. The molecule has 22 heavy (non-hydrogen) atoms. The molecular weight excluding hydrogens is 282 g/mol. The van der Waals surface area contributed by atoms with Crippen molar-refractivity contribution in [2.75, 3.05) is 27.2 Å². The molecular formula is C16H21N3O3. The molecule has 6 nitrogen and oxygen atoms in total. The van der Waals surface area contributed by atoms with Crippen molar-refractivity contribution in [3.8, 4) is 0 Å². The van der Waals surface area contributed by atoms with Gasteiger partial charge in [0.05, 0.1) is 18.7 Å². The fourth-order valence-electron chi connectivity index (χ4n) is 3.32. The zero-order valence-electron chi connectivity index (χ0n) is 12.9. The van der Waals surface area contributed by atoms with Gasteiger partial charge in [0, 0.05) is 32.8 Å². The monoisotopic (exact) mass is 303 g/mol. The summed E-state index contributed by atoms with van der Waals surface area (Å²) in [7, 11) is 3.43. The molecule has 1 aromatic carbocycles. The second kappa shape index (κ2) is 5.96. The Kier molecular flexibility index (Phi) is 4.02. The van der Waals surface area contributed by atoms with Gasteiger partial charge >= 0.3 is 6.03 Å². The van der Waals surface area contributed by atoms with E-state index in [4.69, 9.17) is 4.74 Å². The number of benzene rings is 1. The summed E-state index contributed by atoms with van der Waals surface area (Å²) in [6.07, 6.45) is 0.804. The van der Waals surface area contributed by atoms with Crippen molar-refractivity contribution < 1.29 is 14.3 Å². The van der Waals surface area contributed by atoms with Crippen LogP contribution < -0.4 is 5.32 Å². The van der Waals surface area contributed by atoms with Gasteiger partial charge in [-0.2, -0.15) is 0 Å². The number of ether oxygens (including phenoxy) is 1. The highest BCUT2D eigenvalue weighted by atomic mass is 16.5. The number of carbonyl (C=O) groups excluding carboxylic acids is 2. The lowest BCUT2D eigenvalue weighted by Crippen LogP contribution is -2.52. The quantitative estimate of drug-likeness (QED) is 0.908. The molecule has 2 heterocycles. The Morgan fingerprint density at radius 1 is 1.41 bits per heavy atom. The minimum absolute atomic E-state index is 0.00917. The van der Waals surface area contributed by atoms with Crippen molar-refractivity contribution in [3.05, 3.63) is 35.4 Å². The van der Waals surface area contributed by atoms with Gasteiger partial charge in [0.15, 0.2) is 0 Å². The summed E-state index contributed by atoms with van der Waals surface area (Å²) < 4.78 is 5.17. The van der Waals surface area contributed by atoms with Gasteiger partial charge in [-0.3, -0.25) is 4.79 Å². The van der Waals surface area contributed by atoms with Crippen LogP contribution in [0.3, 0.4) is 0 Å². The Balaban J connectivity index is 1.76. The van der Waals surface area contributed by atoms with Gasteiger partial charge in [0.2, 0.25) is 0 Å². The van der Waals surface area contributed by atoms with Gasteiger partial charge in [-0.25, -0.2) is 4.79 Å². The number of piperidine rings is 1. The molecule has 0 spiro atoms. The van der Waals surface area contributed by atoms with E-state index >= 15 is 0 Å². The van der Waals surface area contributed by atoms with Crippen LogP contribution >= 0.6 is 0 Å². The molecule has 3 amide bonds. The SMILES string of the molecule is COCc1ccccc1C(=O)N1CC[C@H]2[C@@H](C1)NC(=O)N2C. The van der Waals surface area contributed by atoms with Crippen LogP contribution in [0.2, 0.25) is 0 Å². The van der Waals surface area contributed by atoms with E-state index in [-0.39, 0.29) is 24.0 Å². The second-order valence-corrected chi connectivity index (χ2v) is 5.86. The maximum absolute atomic E-state index is 12.8. The van der Waals surface area contributed by atoms with E-state index in [1.165, 1.54) is 0 Å². The van der Waals surface area contributed by atoms with Gasteiger partial charge in [-0.1, -0.05) is 18.2 Å². The van der Waals surface area contributed by atoms with Crippen molar-refractivity contribution in [2.24, 2.45) is 0 Å². The molecule has 3 rings (SSSR count). The second-order valence-electron chi connectivity index (χ2n) is 5.86. The summed E-state index contributed by atoms with van der Waals surface area (Å²) in [4.78, 5) is 28.1. The van der Waals surface area contributed by atoms with Crippen LogP contribution in [0.4, 0.5) is 4.79 Å². The average Bonchev–Trinajstić information content (AvgIpc) is 2.82. The molecule has 0 bridgehead atoms. The molecule has 2 saturated heterocycles. The molecule has 2 atom stereocenters. The van der Waals surface area contributed by atoms with Gasteiger partial charge in [0.25, 0.3) is 5.91 Å². The van der Waals surface area contributed by atoms with E-state index < -0.39 is 0 Å². The first-order chi connectivity index (χ1) is 10.6. The number of likely N-dealkylation sites (N-methyl/N-ethyl adjacent to an activating group) is 1. The molecule has 2 aliphatic heterocycles. The number of methoxy groups -OCH3 is 1. The van der Waals surface area contributed by atoms with Crippen LogP contribution in [0.5, 0.6) is 0 Å². The molecule has 1 N–H and O–H groups in total. The number of fused-ring (bicyclic) bond motifs is 1. The Morgan fingerprint density at radius 2 is 2.18 bits per heavy atom. The molecule has 118 valence electrons. The highest BCUT2D eigenvalue weighted by molar-refractivity contribution is 5.96. The molecule has 0 saturated carbocycles. The minimum atomic E-state index is -0.0518. The number of rotatable bonds is 3. The Hall–Kier alpha value is -2.08. The zero-order chi connectivity index (χ0) is 15.7. The van der Waals surface area contributed by atoms with Crippen molar-refractivity contribution in [2.45, 2.75) is 25.1 Å². The molecule has 0 aromatic heterocycles. The van der Waals surface area contributed by atoms with Crippen molar-refractivity contribution >= 4 is 11.9 Å². The summed E-state index contributed by atoms with van der Waals surface area (Å²) in [5, 5.41) is 2.95. The maximum Gasteiger partial charge on any atom is 0.317 e. The fourth-order valence-corrected chi connectivity index (χ4v) is 3.32. The third-order valence-corrected chi connectivity index (χ3v) is 4.54. The minimum Gasteiger partial charge on any atom is -0.380 e. The van der Waals surface area contributed by atoms with E-state index in [9.17, 15) is 9.59 Å². The van der Waals surface area contributed by atoms with Crippen LogP contribution in [-0.2, 0) is 11.3 Å². The zero-order valence-corrected chi connectivity index (χ0v) is 12.9. The third-order valence-electron chi connectivity index (χ3n) is 4.54. The van der Waals surface area contributed by atoms with E-state index in [0.717, 1.165) is 12.0 Å². The molecule has 2 fully saturated rings. The lowest BCUT2D eigenvalue weighted by molar-refractivity contribution is 0.0661. The molecule has 2 aliphatic rings. The van der Waals surface area contributed by atoms with Crippen molar-refractivity contribution in [1.29, 1.82) is 0 Å². The smallest absolute Gasteiger partial charge is 0.317 e. The van der Waals surface area contributed by atoms with Crippen LogP contribution in [-0.4, -0.2) is 61.1 Å². The number of carbonyl (C=O) groups is 2. The normalized spacial score (nSPS) is 24.2. The summed E-state index contributed by atoms with van der Waals surface area (Å²) in [6.45, 7) is 1.64. The van der Waals surface area contributed by atoms with Gasteiger partial charge < -0.3 is 19.9 Å². The van der Waals surface area contributed by atoms with Gasteiger partial charge in [-0.15, -0.1) is 0 Å². The van der Waals surface area contributed by atoms with Crippen molar-refractivity contribution in [1.82, 2.24) is 15.1 Å². The highest BCUT2D eigenvalue weighted by Crippen LogP contribution is 2.23. The summed E-state index contributed by atoms with van der Waals surface area (Å²) in [5.74, 6) is 0.00917. The summed E-state index contributed by atoms with van der Waals surface area (Å²) >= 11 is 0. The Bertz CT molecular complexity index is 590. The molecule has 1 aromatic rings. The molecule has 0 unspecified atom stereocenters. The Labute approximate surface area is 130 Å². The topological polar surface area (TPSA) is 61.9 Å².